The topological polar surface area (TPSA) is 55.8 Å². The number of aryl methyl sites for hydroxylation is 2. The van der Waals surface area contributed by atoms with E-state index in [4.69, 9.17) is 9.47 Å². The van der Waals surface area contributed by atoms with Gasteiger partial charge in [-0.1, -0.05) is 6.07 Å². The molecule has 144 valence electrons. The van der Waals surface area contributed by atoms with E-state index in [0.717, 1.165) is 37.7 Å². The lowest BCUT2D eigenvalue weighted by Crippen LogP contribution is -2.31. The molecule has 0 amide bonds. The first-order valence-corrected chi connectivity index (χ1v) is 10.8. The summed E-state index contributed by atoms with van der Waals surface area (Å²) in [6.45, 7) is 0.518. The van der Waals surface area contributed by atoms with Crippen LogP contribution in [0.25, 0.3) is 0 Å². The molecule has 1 fully saturated rings. The van der Waals surface area contributed by atoms with Gasteiger partial charge >= 0.3 is 0 Å². The molecule has 0 radical (unpaired) electrons. The van der Waals surface area contributed by atoms with E-state index in [9.17, 15) is 8.42 Å². The third-order valence-corrected chi connectivity index (χ3v) is 7.58. The van der Waals surface area contributed by atoms with Gasteiger partial charge in [-0.25, -0.2) is 8.42 Å². The van der Waals surface area contributed by atoms with Crippen molar-refractivity contribution >= 4 is 10.0 Å². The van der Waals surface area contributed by atoms with Crippen LogP contribution < -0.4 is 9.47 Å². The highest BCUT2D eigenvalue weighted by Gasteiger charge is 2.38. The number of hydrogen-bond donors (Lipinski definition) is 0. The molecule has 2 aliphatic rings. The average Bonchev–Trinajstić information content (AvgIpc) is 3.36. The predicted molar refractivity (Wildman–Crippen MR) is 104 cm³/mol. The van der Waals surface area contributed by atoms with Crippen LogP contribution in [0.5, 0.6) is 11.5 Å². The molecule has 1 aliphatic carbocycles. The quantitative estimate of drug-likeness (QED) is 0.785. The van der Waals surface area contributed by atoms with Gasteiger partial charge in [-0.2, -0.15) is 4.31 Å². The van der Waals surface area contributed by atoms with Crippen molar-refractivity contribution in [1.82, 2.24) is 4.31 Å². The lowest BCUT2D eigenvalue weighted by atomic mass is 10.0. The Bertz CT molecular complexity index is 955. The van der Waals surface area contributed by atoms with E-state index in [-0.39, 0.29) is 6.04 Å². The van der Waals surface area contributed by atoms with Gasteiger partial charge in [-0.15, -0.1) is 0 Å². The van der Waals surface area contributed by atoms with Gasteiger partial charge in [-0.05, 0) is 73.6 Å². The second-order valence-corrected chi connectivity index (χ2v) is 9.06. The summed E-state index contributed by atoms with van der Waals surface area (Å²) >= 11 is 0. The molecular weight excluding hydrogens is 362 g/mol. The monoisotopic (exact) mass is 387 g/mol. The van der Waals surface area contributed by atoms with Gasteiger partial charge in [0, 0.05) is 12.1 Å². The smallest absolute Gasteiger partial charge is 0.243 e. The van der Waals surface area contributed by atoms with Gasteiger partial charge in [0.05, 0.1) is 25.2 Å². The minimum absolute atomic E-state index is 0.242. The molecule has 0 saturated carbocycles. The fourth-order valence-corrected chi connectivity index (χ4v) is 6.01. The largest absolute Gasteiger partial charge is 0.497 e. The molecule has 0 spiro atoms. The van der Waals surface area contributed by atoms with Gasteiger partial charge < -0.3 is 9.47 Å². The Balaban J connectivity index is 1.73. The van der Waals surface area contributed by atoms with Gasteiger partial charge in [-0.3, -0.25) is 0 Å². The summed E-state index contributed by atoms with van der Waals surface area (Å²) in [5, 5.41) is 0. The summed E-state index contributed by atoms with van der Waals surface area (Å²) in [5.41, 5.74) is 3.31. The van der Waals surface area contributed by atoms with Crippen molar-refractivity contribution in [3.63, 3.8) is 0 Å². The molecule has 0 aromatic heterocycles. The summed E-state index contributed by atoms with van der Waals surface area (Å²) in [5.74, 6) is 1.39. The molecule has 6 heteroatoms. The summed E-state index contributed by atoms with van der Waals surface area (Å²) in [6.07, 6.45) is 4.71. The van der Waals surface area contributed by atoms with E-state index in [1.54, 1.807) is 24.6 Å². The van der Waals surface area contributed by atoms with Crippen molar-refractivity contribution < 1.29 is 17.9 Å². The van der Waals surface area contributed by atoms with E-state index in [1.807, 2.05) is 30.3 Å². The SMILES string of the molecule is COc1ccc(OC)c(C2CCCN2S(=O)(=O)c2ccc3c(c2)CCC3)c1. The Morgan fingerprint density at radius 1 is 0.963 bits per heavy atom. The minimum atomic E-state index is -3.57. The van der Waals surface area contributed by atoms with E-state index >= 15 is 0 Å². The maximum Gasteiger partial charge on any atom is 0.243 e. The molecule has 1 atom stereocenters. The number of ether oxygens (including phenoxy) is 2. The molecule has 0 N–H and O–H groups in total. The Labute approximate surface area is 161 Å². The van der Waals surface area contributed by atoms with Crippen LogP contribution in [-0.4, -0.2) is 33.5 Å². The van der Waals surface area contributed by atoms with Crippen LogP contribution >= 0.6 is 0 Å². The van der Waals surface area contributed by atoms with Crippen LogP contribution in [0.1, 0.15) is 42.0 Å². The molecule has 2 aromatic carbocycles. The Morgan fingerprint density at radius 2 is 1.78 bits per heavy atom. The number of rotatable bonds is 5. The third kappa shape index (κ3) is 3.21. The van der Waals surface area contributed by atoms with Crippen molar-refractivity contribution in [2.75, 3.05) is 20.8 Å². The van der Waals surface area contributed by atoms with Crippen LogP contribution in [0.15, 0.2) is 41.3 Å². The van der Waals surface area contributed by atoms with E-state index in [2.05, 4.69) is 0 Å². The van der Waals surface area contributed by atoms with Gasteiger partial charge in [0.2, 0.25) is 10.0 Å². The van der Waals surface area contributed by atoms with Crippen LogP contribution in [0.2, 0.25) is 0 Å². The lowest BCUT2D eigenvalue weighted by Gasteiger charge is -2.26. The number of methoxy groups -OCH3 is 2. The van der Waals surface area contributed by atoms with Crippen LogP contribution in [0.3, 0.4) is 0 Å². The fourth-order valence-electron chi connectivity index (χ4n) is 4.28. The highest BCUT2D eigenvalue weighted by atomic mass is 32.2. The van der Waals surface area contributed by atoms with Crippen molar-refractivity contribution in [3.05, 3.63) is 53.1 Å². The third-order valence-electron chi connectivity index (χ3n) is 5.68. The zero-order valence-corrected chi connectivity index (χ0v) is 16.6. The Hall–Kier alpha value is -2.05. The molecule has 2 aromatic rings. The highest BCUT2D eigenvalue weighted by Crippen LogP contribution is 2.42. The number of benzene rings is 2. The first-order chi connectivity index (χ1) is 13.0. The van der Waals surface area contributed by atoms with Crippen molar-refractivity contribution in [1.29, 1.82) is 0 Å². The van der Waals surface area contributed by atoms with Gasteiger partial charge in [0.25, 0.3) is 0 Å². The first-order valence-electron chi connectivity index (χ1n) is 9.40. The van der Waals surface area contributed by atoms with E-state index in [0.29, 0.717) is 22.9 Å². The minimum Gasteiger partial charge on any atom is -0.497 e. The molecule has 4 rings (SSSR count). The molecule has 5 nitrogen and oxygen atoms in total. The highest BCUT2D eigenvalue weighted by molar-refractivity contribution is 7.89. The lowest BCUT2D eigenvalue weighted by molar-refractivity contribution is 0.361. The average molecular weight is 388 g/mol. The number of hydrogen-bond acceptors (Lipinski definition) is 4. The van der Waals surface area contributed by atoms with Crippen LogP contribution in [0, 0.1) is 0 Å². The summed E-state index contributed by atoms with van der Waals surface area (Å²) < 4.78 is 39.3. The standard InChI is InChI=1S/C21H25NO4S/c1-25-17-9-11-21(26-2)19(14-17)20-7-4-12-22(20)27(23,24)18-10-8-15-5-3-6-16(15)13-18/h8-11,13-14,20H,3-7,12H2,1-2H3. The molecule has 1 unspecified atom stereocenters. The van der Waals surface area contributed by atoms with E-state index in [1.165, 1.54) is 11.1 Å². The Morgan fingerprint density at radius 3 is 2.56 bits per heavy atom. The maximum atomic E-state index is 13.4. The summed E-state index contributed by atoms with van der Waals surface area (Å²) in [4.78, 5) is 0.400. The Kier molecular flexibility index (Phi) is 4.86. The first kappa shape index (κ1) is 18.3. The number of fused-ring (bicyclic) bond motifs is 1. The second-order valence-electron chi connectivity index (χ2n) is 7.17. The van der Waals surface area contributed by atoms with Crippen molar-refractivity contribution in [2.45, 2.75) is 43.0 Å². The van der Waals surface area contributed by atoms with Crippen LogP contribution in [-0.2, 0) is 22.9 Å². The summed E-state index contributed by atoms with van der Waals surface area (Å²) in [6, 6.07) is 10.9. The van der Waals surface area contributed by atoms with Crippen molar-refractivity contribution in [2.24, 2.45) is 0 Å². The number of sulfonamides is 1. The number of nitrogens with zero attached hydrogens (tertiary/aromatic N) is 1. The second kappa shape index (κ2) is 7.17. The molecular formula is C21H25NO4S. The molecule has 27 heavy (non-hydrogen) atoms. The maximum absolute atomic E-state index is 13.4. The summed E-state index contributed by atoms with van der Waals surface area (Å²) in [7, 11) is -0.344. The molecule has 1 saturated heterocycles. The predicted octanol–water partition coefficient (Wildman–Crippen LogP) is 3.72. The van der Waals surface area contributed by atoms with Gasteiger partial charge in [0.1, 0.15) is 11.5 Å². The zero-order chi connectivity index (χ0) is 19.0. The molecule has 1 aliphatic heterocycles. The zero-order valence-electron chi connectivity index (χ0n) is 15.8. The fraction of sp³-hybridized carbons (Fsp3) is 0.429. The molecule has 0 bridgehead atoms. The molecule has 1 heterocycles. The van der Waals surface area contributed by atoms with E-state index < -0.39 is 10.0 Å². The normalized spacial score (nSPS) is 19.9. The van der Waals surface area contributed by atoms with Crippen LogP contribution in [0.4, 0.5) is 0 Å². The van der Waals surface area contributed by atoms with Crippen molar-refractivity contribution in [3.8, 4) is 11.5 Å². The van der Waals surface area contributed by atoms with Gasteiger partial charge in [0.15, 0.2) is 0 Å².